The zero-order valence-electron chi connectivity index (χ0n) is 23.0. The van der Waals surface area contributed by atoms with Gasteiger partial charge in [0.25, 0.3) is 11.8 Å². The Hall–Kier alpha value is -4.13. The normalized spacial score (nSPS) is 28.4. The molecule has 7 nitrogen and oxygen atoms in total. The second-order valence-corrected chi connectivity index (χ2v) is 12.4. The summed E-state index contributed by atoms with van der Waals surface area (Å²) in [5, 5.41) is 2.37. The third kappa shape index (κ3) is 4.07. The van der Waals surface area contributed by atoms with Crippen molar-refractivity contribution >= 4 is 35.3 Å². The van der Waals surface area contributed by atoms with Gasteiger partial charge in [-0.05, 0) is 122 Å². The number of anilines is 2. The van der Waals surface area contributed by atoms with E-state index < -0.39 is 17.8 Å². The number of hydrogen-bond donors (Lipinski definition) is 1. The predicted octanol–water partition coefficient (Wildman–Crippen LogP) is 5.68. The largest absolute Gasteiger partial charge is 0.378 e. The van der Waals surface area contributed by atoms with Crippen LogP contribution in [-0.4, -0.2) is 36.5 Å². The van der Waals surface area contributed by atoms with Crippen LogP contribution in [0.4, 0.5) is 16.2 Å². The summed E-state index contributed by atoms with van der Waals surface area (Å²) in [6, 6.07) is 18.9. The standard InChI is InChI=1S/C33H34N4O3/c1-35(2)25-9-11-26(12-10-25)36-13-3-4-28(36)17-29-30(38)34-32(40)37(31(29)39)27-7-5-24(6-8-27)33-18-21-14-22(19-33)16-23(15-21)20-33/h3-13,17,21-23H,14-16,18-20H2,1-2H3,(H,34,38,40)/b29-17+. The molecule has 1 N–H and O–H groups in total. The number of aromatic nitrogens is 1. The molecule has 0 unspecified atom stereocenters. The second kappa shape index (κ2) is 9.22. The first-order valence-corrected chi connectivity index (χ1v) is 14.3. The van der Waals surface area contributed by atoms with Gasteiger partial charge in [-0.25, -0.2) is 9.69 Å². The molecule has 2 aromatic carbocycles. The van der Waals surface area contributed by atoms with E-state index in [1.807, 2.05) is 78.3 Å². The summed E-state index contributed by atoms with van der Waals surface area (Å²) < 4.78 is 1.91. The van der Waals surface area contributed by atoms with Crippen LogP contribution in [-0.2, 0) is 15.0 Å². The lowest BCUT2D eigenvalue weighted by atomic mass is 9.48. The number of hydrogen-bond acceptors (Lipinski definition) is 4. The molecule has 5 aliphatic rings. The number of imide groups is 2. The first-order valence-electron chi connectivity index (χ1n) is 14.3. The molecule has 0 radical (unpaired) electrons. The molecule has 7 heteroatoms. The topological polar surface area (TPSA) is 74.7 Å². The molecule has 4 saturated carbocycles. The van der Waals surface area contributed by atoms with Gasteiger partial charge in [0.2, 0.25) is 0 Å². The van der Waals surface area contributed by atoms with Crippen LogP contribution in [0.3, 0.4) is 0 Å². The molecule has 0 spiro atoms. The summed E-state index contributed by atoms with van der Waals surface area (Å²) in [5.41, 5.74) is 4.60. The van der Waals surface area contributed by atoms with E-state index in [1.165, 1.54) is 44.1 Å². The Morgan fingerprint density at radius 2 is 1.43 bits per heavy atom. The molecule has 3 aromatic rings. The molecular weight excluding hydrogens is 500 g/mol. The van der Waals surface area contributed by atoms with Gasteiger partial charge in [-0.3, -0.25) is 14.9 Å². The van der Waals surface area contributed by atoms with Gasteiger partial charge in [-0.15, -0.1) is 0 Å². The average Bonchev–Trinajstić information content (AvgIpc) is 3.39. The molecule has 8 rings (SSSR count). The van der Waals surface area contributed by atoms with Gasteiger partial charge < -0.3 is 9.47 Å². The minimum Gasteiger partial charge on any atom is -0.378 e. The highest BCUT2D eigenvalue weighted by Crippen LogP contribution is 2.60. The van der Waals surface area contributed by atoms with Crippen LogP contribution in [0.2, 0.25) is 0 Å². The molecule has 4 amide bonds. The maximum atomic E-state index is 13.6. The number of nitrogens with one attached hydrogen (secondary N) is 1. The van der Waals surface area contributed by atoms with Crippen LogP contribution in [0.15, 0.2) is 72.4 Å². The summed E-state index contributed by atoms with van der Waals surface area (Å²) in [5.74, 6) is 1.20. The molecule has 2 heterocycles. The van der Waals surface area contributed by atoms with Gasteiger partial charge in [-0.2, -0.15) is 0 Å². The Balaban J connectivity index is 1.17. The van der Waals surface area contributed by atoms with E-state index in [9.17, 15) is 14.4 Å². The average molecular weight is 535 g/mol. The Morgan fingerprint density at radius 3 is 2.02 bits per heavy atom. The fourth-order valence-corrected chi connectivity index (χ4v) is 8.13. The van der Waals surface area contributed by atoms with Crippen LogP contribution in [0.5, 0.6) is 0 Å². The number of benzene rings is 2. The number of urea groups is 1. The number of nitrogens with zero attached hydrogens (tertiary/aromatic N) is 3. The van der Waals surface area contributed by atoms with Crippen LogP contribution in [0.1, 0.15) is 49.8 Å². The lowest BCUT2D eigenvalue weighted by Gasteiger charge is -2.57. The SMILES string of the molecule is CN(C)c1ccc(-n2cccc2/C=C2\C(=O)NC(=O)N(c3ccc(C45CC6CC(CC(C6)C4)C5)cc3)C2=O)cc1. The van der Waals surface area contributed by atoms with Crippen molar-refractivity contribution in [1.82, 2.24) is 9.88 Å². The van der Waals surface area contributed by atoms with E-state index in [2.05, 4.69) is 17.4 Å². The van der Waals surface area contributed by atoms with Gasteiger partial charge in [0, 0.05) is 37.4 Å². The quantitative estimate of drug-likeness (QED) is 0.338. The molecule has 204 valence electrons. The second-order valence-electron chi connectivity index (χ2n) is 12.4. The summed E-state index contributed by atoms with van der Waals surface area (Å²) in [6.45, 7) is 0. The summed E-state index contributed by atoms with van der Waals surface area (Å²) in [4.78, 5) is 42.4. The number of amides is 4. The summed E-state index contributed by atoms with van der Waals surface area (Å²) in [7, 11) is 3.97. The lowest BCUT2D eigenvalue weighted by molar-refractivity contribution is -0.122. The van der Waals surface area contributed by atoms with E-state index in [0.29, 0.717) is 11.4 Å². The molecule has 4 aliphatic carbocycles. The number of carbonyl (C=O) groups is 3. The highest BCUT2D eigenvalue weighted by atomic mass is 16.2. The predicted molar refractivity (Wildman–Crippen MR) is 155 cm³/mol. The van der Waals surface area contributed by atoms with Crippen LogP contribution in [0.25, 0.3) is 11.8 Å². The highest BCUT2D eigenvalue weighted by molar-refractivity contribution is 6.39. The Labute approximate surface area is 234 Å². The molecule has 1 aliphatic heterocycles. The maximum Gasteiger partial charge on any atom is 0.335 e. The van der Waals surface area contributed by atoms with Crippen molar-refractivity contribution < 1.29 is 14.4 Å². The van der Waals surface area contributed by atoms with E-state index in [4.69, 9.17) is 0 Å². The zero-order valence-corrected chi connectivity index (χ0v) is 23.0. The highest BCUT2D eigenvalue weighted by Gasteiger charge is 2.51. The first kappa shape index (κ1) is 24.9. The molecule has 0 atom stereocenters. The third-order valence-corrected chi connectivity index (χ3v) is 9.59. The maximum absolute atomic E-state index is 13.6. The molecule has 40 heavy (non-hydrogen) atoms. The van der Waals surface area contributed by atoms with E-state index in [1.54, 1.807) is 6.08 Å². The zero-order chi connectivity index (χ0) is 27.6. The van der Waals surface area contributed by atoms with Gasteiger partial charge in [0.1, 0.15) is 5.57 Å². The van der Waals surface area contributed by atoms with Crippen molar-refractivity contribution in [3.63, 3.8) is 0 Å². The minimum atomic E-state index is -0.718. The van der Waals surface area contributed by atoms with Crippen LogP contribution < -0.4 is 15.1 Å². The Morgan fingerprint density at radius 1 is 0.825 bits per heavy atom. The molecule has 4 bridgehead atoms. The van der Waals surface area contributed by atoms with Crippen molar-refractivity contribution in [1.29, 1.82) is 0 Å². The van der Waals surface area contributed by atoms with E-state index >= 15 is 0 Å². The van der Waals surface area contributed by atoms with Gasteiger partial charge in [0.15, 0.2) is 0 Å². The number of carbonyl (C=O) groups excluding carboxylic acids is 3. The van der Waals surface area contributed by atoms with Crippen molar-refractivity contribution in [3.8, 4) is 5.69 Å². The van der Waals surface area contributed by atoms with Gasteiger partial charge in [0.05, 0.1) is 5.69 Å². The van der Waals surface area contributed by atoms with Crippen molar-refractivity contribution in [2.45, 2.75) is 43.9 Å². The van der Waals surface area contributed by atoms with Gasteiger partial charge >= 0.3 is 6.03 Å². The van der Waals surface area contributed by atoms with Crippen LogP contribution in [0, 0.1) is 17.8 Å². The monoisotopic (exact) mass is 534 g/mol. The van der Waals surface area contributed by atoms with Gasteiger partial charge in [-0.1, -0.05) is 12.1 Å². The summed E-state index contributed by atoms with van der Waals surface area (Å²) in [6.07, 6.45) is 11.3. The Kier molecular flexibility index (Phi) is 5.73. The van der Waals surface area contributed by atoms with Crippen molar-refractivity contribution in [2.75, 3.05) is 23.9 Å². The fraction of sp³-hybridized carbons (Fsp3) is 0.364. The van der Waals surface area contributed by atoms with E-state index in [-0.39, 0.29) is 11.0 Å². The molecule has 1 aromatic heterocycles. The number of barbiturate groups is 1. The molecule has 5 fully saturated rings. The fourth-order valence-electron chi connectivity index (χ4n) is 8.13. The van der Waals surface area contributed by atoms with E-state index in [0.717, 1.165) is 34.0 Å². The van der Waals surface area contributed by atoms with Crippen LogP contribution >= 0.6 is 0 Å². The number of rotatable bonds is 5. The smallest absolute Gasteiger partial charge is 0.335 e. The first-order chi connectivity index (χ1) is 19.3. The summed E-state index contributed by atoms with van der Waals surface area (Å²) >= 11 is 0. The van der Waals surface area contributed by atoms with Crippen molar-refractivity contribution in [3.05, 3.63) is 83.7 Å². The van der Waals surface area contributed by atoms with Crippen molar-refractivity contribution in [2.24, 2.45) is 17.8 Å². The molecular formula is C33H34N4O3. The lowest BCUT2D eigenvalue weighted by Crippen LogP contribution is -2.54. The molecule has 1 saturated heterocycles. The Bertz CT molecular complexity index is 1500. The minimum absolute atomic E-state index is 0.0744. The third-order valence-electron chi connectivity index (χ3n) is 9.59.